The first-order valence-corrected chi connectivity index (χ1v) is 8.57. The van der Waals surface area contributed by atoms with E-state index in [1.165, 1.54) is 0 Å². The molecule has 3 rings (SSSR count). The Morgan fingerprint density at radius 2 is 2.04 bits per heavy atom. The first kappa shape index (κ1) is 18.8. The van der Waals surface area contributed by atoms with Gasteiger partial charge in [-0.2, -0.15) is 0 Å². The number of ether oxygens (including phenoxy) is 3. The quantitative estimate of drug-likeness (QED) is 0.519. The van der Waals surface area contributed by atoms with Crippen LogP contribution in [0.2, 0.25) is 0 Å². The van der Waals surface area contributed by atoms with E-state index >= 15 is 0 Å². The van der Waals surface area contributed by atoms with Crippen molar-refractivity contribution in [2.75, 3.05) is 39.6 Å². The number of nitrogens with one attached hydrogen (secondary N) is 1. The first-order valence-electron chi connectivity index (χ1n) is 8.57. The molecule has 0 bridgehead atoms. The van der Waals surface area contributed by atoms with E-state index < -0.39 is 19.0 Å². The van der Waals surface area contributed by atoms with Crippen molar-refractivity contribution in [2.45, 2.75) is 13.5 Å². The highest BCUT2D eigenvalue weighted by molar-refractivity contribution is 6.62. The van der Waals surface area contributed by atoms with Crippen LogP contribution in [0.5, 0.6) is 0 Å². The summed E-state index contributed by atoms with van der Waals surface area (Å²) >= 11 is 0. The molecule has 1 fully saturated rings. The summed E-state index contributed by atoms with van der Waals surface area (Å²) < 4.78 is 21.0. The molecule has 9 heteroatoms. The highest BCUT2D eigenvalue weighted by Gasteiger charge is 2.31. The van der Waals surface area contributed by atoms with Gasteiger partial charge < -0.3 is 29.2 Å². The van der Waals surface area contributed by atoms with Crippen LogP contribution in [0.1, 0.15) is 21.5 Å². The molecule has 2 N–H and O–H groups in total. The highest BCUT2D eigenvalue weighted by atomic mass is 16.6. The molecule has 0 aromatic heterocycles. The van der Waals surface area contributed by atoms with Gasteiger partial charge in [0.1, 0.15) is 6.54 Å². The Kier molecular flexibility index (Phi) is 6.26. The summed E-state index contributed by atoms with van der Waals surface area (Å²) in [6.45, 7) is 4.08. The molecule has 2 heterocycles. The standard InChI is InChI=1S/C17H22BNO7/c1-11-14(3-2-13-10-26-18(22)16(11)13)17(21)19-6-15(20)25-9-12-7-23-4-5-24-8-12/h2-3,12,22H,4-10H2,1H3,(H,19,21). The third kappa shape index (κ3) is 4.42. The Balaban J connectivity index is 1.49. The number of carbonyl (C=O) groups is 2. The van der Waals surface area contributed by atoms with Crippen LogP contribution in [0.4, 0.5) is 0 Å². The van der Waals surface area contributed by atoms with Gasteiger partial charge in [-0.25, -0.2) is 0 Å². The van der Waals surface area contributed by atoms with Crippen molar-refractivity contribution in [3.63, 3.8) is 0 Å². The van der Waals surface area contributed by atoms with E-state index in [4.69, 9.17) is 18.9 Å². The molecule has 0 aliphatic carbocycles. The van der Waals surface area contributed by atoms with Gasteiger partial charge in [-0.05, 0) is 29.6 Å². The maximum Gasteiger partial charge on any atom is 0.492 e. The van der Waals surface area contributed by atoms with E-state index in [2.05, 4.69) is 5.32 Å². The van der Waals surface area contributed by atoms with Crippen LogP contribution in [0.3, 0.4) is 0 Å². The molecule has 0 saturated carbocycles. The van der Waals surface area contributed by atoms with Gasteiger partial charge in [0.25, 0.3) is 5.91 Å². The van der Waals surface area contributed by atoms with Gasteiger partial charge in [0, 0.05) is 11.5 Å². The first-order chi connectivity index (χ1) is 12.6. The van der Waals surface area contributed by atoms with Crippen molar-refractivity contribution in [2.24, 2.45) is 5.92 Å². The van der Waals surface area contributed by atoms with Crippen molar-refractivity contribution in [1.29, 1.82) is 0 Å². The van der Waals surface area contributed by atoms with Crippen LogP contribution >= 0.6 is 0 Å². The van der Waals surface area contributed by atoms with Crippen LogP contribution < -0.4 is 10.8 Å². The maximum atomic E-state index is 12.3. The normalized spacial score (nSPS) is 17.5. The monoisotopic (exact) mass is 363 g/mol. The van der Waals surface area contributed by atoms with Crippen molar-refractivity contribution in [3.8, 4) is 0 Å². The van der Waals surface area contributed by atoms with Gasteiger partial charge in [0.2, 0.25) is 0 Å². The van der Waals surface area contributed by atoms with E-state index in [1.807, 2.05) is 0 Å². The molecule has 2 aliphatic heterocycles. The minimum absolute atomic E-state index is 0.00223. The van der Waals surface area contributed by atoms with Gasteiger partial charge in [-0.1, -0.05) is 6.07 Å². The van der Waals surface area contributed by atoms with Crippen LogP contribution in [0.25, 0.3) is 0 Å². The number of hydrogen-bond donors (Lipinski definition) is 2. The zero-order valence-electron chi connectivity index (χ0n) is 14.7. The fourth-order valence-corrected chi connectivity index (χ4v) is 3.02. The lowest BCUT2D eigenvalue weighted by Crippen LogP contribution is -2.36. The Bertz CT molecular complexity index is 673. The zero-order chi connectivity index (χ0) is 18.5. The maximum absolute atomic E-state index is 12.3. The molecular formula is C17H22BNO7. The molecule has 2 aliphatic rings. The number of esters is 1. The molecule has 1 aromatic carbocycles. The molecule has 0 spiro atoms. The number of rotatable bonds is 5. The van der Waals surface area contributed by atoms with Gasteiger partial charge in [0.15, 0.2) is 0 Å². The van der Waals surface area contributed by atoms with E-state index in [1.54, 1.807) is 19.1 Å². The average molecular weight is 363 g/mol. The second kappa shape index (κ2) is 8.63. The third-order valence-corrected chi connectivity index (χ3v) is 4.45. The Morgan fingerprint density at radius 1 is 1.31 bits per heavy atom. The molecule has 0 atom stereocenters. The lowest BCUT2D eigenvalue weighted by Gasteiger charge is -2.14. The fraction of sp³-hybridized carbons (Fsp3) is 0.529. The number of hydrogen-bond acceptors (Lipinski definition) is 7. The number of amides is 1. The summed E-state index contributed by atoms with van der Waals surface area (Å²) in [5, 5.41) is 12.4. The Hall–Kier alpha value is -1.94. The zero-order valence-corrected chi connectivity index (χ0v) is 14.7. The molecule has 140 valence electrons. The SMILES string of the molecule is Cc1c(C(=O)NCC(=O)OCC2COCCOC2)ccc2c1B(O)OC2. The summed E-state index contributed by atoms with van der Waals surface area (Å²) in [5.74, 6) is -0.926. The second-order valence-electron chi connectivity index (χ2n) is 6.36. The topological polar surface area (TPSA) is 103 Å². The molecule has 1 aromatic rings. The van der Waals surface area contributed by atoms with Gasteiger partial charge in [-0.3, -0.25) is 9.59 Å². The van der Waals surface area contributed by atoms with Gasteiger partial charge in [0.05, 0.1) is 39.6 Å². The van der Waals surface area contributed by atoms with Crippen LogP contribution in [-0.4, -0.2) is 63.6 Å². The van der Waals surface area contributed by atoms with E-state index in [0.29, 0.717) is 49.6 Å². The predicted molar refractivity (Wildman–Crippen MR) is 92.0 cm³/mol. The predicted octanol–water partition coefficient (Wildman–Crippen LogP) is -0.851. The van der Waals surface area contributed by atoms with Crippen molar-refractivity contribution < 1.29 is 33.5 Å². The molecular weight excluding hydrogens is 341 g/mol. The van der Waals surface area contributed by atoms with Crippen LogP contribution in [-0.2, 0) is 30.3 Å². The molecule has 0 radical (unpaired) electrons. The van der Waals surface area contributed by atoms with Crippen molar-refractivity contribution >= 4 is 24.5 Å². The number of benzene rings is 1. The average Bonchev–Trinajstić information content (AvgIpc) is 2.84. The minimum atomic E-state index is -1.02. The summed E-state index contributed by atoms with van der Waals surface area (Å²) in [7, 11) is -1.02. The van der Waals surface area contributed by atoms with Gasteiger partial charge in [-0.15, -0.1) is 0 Å². The van der Waals surface area contributed by atoms with Crippen LogP contribution in [0.15, 0.2) is 12.1 Å². The Labute approximate surface area is 151 Å². The molecule has 1 saturated heterocycles. The molecule has 8 nitrogen and oxygen atoms in total. The van der Waals surface area contributed by atoms with E-state index in [0.717, 1.165) is 5.56 Å². The fourth-order valence-electron chi connectivity index (χ4n) is 3.02. The second-order valence-corrected chi connectivity index (χ2v) is 6.36. The highest BCUT2D eigenvalue weighted by Crippen LogP contribution is 2.16. The van der Waals surface area contributed by atoms with Crippen molar-refractivity contribution in [1.82, 2.24) is 5.32 Å². The molecule has 0 unspecified atom stereocenters. The molecule has 26 heavy (non-hydrogen) atoms. The Morgan fingerprint density at radius 3 is 2.77 bits per heavy atom. The lowest BCUT2D eigenvalue weighted by molar-refractivity contribution is -0.144. The summed E-state index contributed by atoms with van der Waals surface area (Å²) in [4.78, 5) is 24.2. The minimum Gasteiger partial charge on any atom is -0.464 e. The smallest absolute Gasteiger partial charge is 0.464 e. The third-order valence-electron chi connectivity index (χ3n) is 4.45. The largest absolute Gasteiger partial charge is 0.492 e. The van der Waals surface area contributed by atoms with Gasteiger partial charge >= 0.3 is 13.1 Å². The summed E-state index contributed by atoms with van der Waals surface area (Å²) in [6, 6.07) is 3.41. The lowest BCUT2D eigenvalue weighted by atomic mass is 9.75. The van der Waals surface area contributed by atoms with Crippen LogP contribution in [0, 0.1) is 12.8 Å². The molecule has 1 amide bonds. The summed E-state index contributed by atoms with van der Waals surface area (Å²) in [5.41, 5.74) is 2.52. The van der Waals surface area contributed by atoms with E-state index in [-0.39, 0.29) is 19.1 Å². The summed E-state index contributed by atoms with van der Waals surface area (Å²) in [6.07, 6.45) is 0. The number of fused-ring (bicyclic) bond motifs is 1. The van der Waals surface area contributed by atoms with E-state index in [9.17, 15) is 14.6 Å². The number of carbonyl (C=O) groups excluding carboxylic acids is 2. The van der Waals surface area contributed by atoms with Crippen molar-refractivity contribution in [3.05, 3.63) is 28.8 Å².